The second-order valence-corrected chi connectivity index (χ2v) is 3.63. The van der Waals surface area contributed by atoms with Crippen LogP contribution in [0, 0.1) is 0 Å². The van der Waals surface area contributed by atoms with E-state index in [0.29, 0.717) is 12.8 Å². The number of nitrogens with zero attached hydrogens (tertiary/aromatic N) is 1. The van der Waals surface area contributed by atoms with E-state index in [1.165, 1.54) is 18.3 Å². The monoisotopic (exact) mass is 213 g/mol. The lowest BCUT2D eigenvalue weighted by molar-refractivity contribution is -0.140. The maximum Gasteiger partial charge on any atom is 0.315 e. The summed E-state index contributed by atoms with van der Waals surface area (Å²) in [5.41, 5.74) is -1.41. The van der Waals surface area contributed by atoms with E-state index in [1.54, 1.807) is 0 Å². The second-order valence-electron chi connectivity index (χ2n) is 3.63. The van der Waals surface area contributed by atoms with Crippen molar-refractivity contribution < 1.29 is 18.7 Å². The number of rotatable bonds is 3. The lowest BCUT2D eigenvalue weighted by atomic mass is 9.97. The first-order chi connectivity index (χ1) is 7.08. The molecule has 2 rings (SSSR count). The van der Waals surface area contributed by atoms with E-state index in [9.17, 15) is 13.6 Å². The molecule has 0 radical (unpaired) electrons. The number of hydrogen-bond acceptors (Lipinski definition) is 2. The first-order valence-electron chi connectivity index (χ1n) is 4.55. The van der Waals surface area contributed by atoms with Gasteiger partial charge in [0.1, 0.15) is 5.41 Å². The van der Waals surface area contributed by atoms with Gasteiger partial charge in [0.05, 0.1) is 5.69 Å². The van der Waals surface area contributed by atoms with Crippen LogP contribution in [0.3, 0.4) is 0 Å². The number of halogens is 2. The summed E-state index contributed by atoms with van der Waals surface area (Å²) in [5, 5.41) is 8.98. The zero-order valence-corrected chi connectivity index (χ0v) is 7.78. The average molecular weight is 213 g/mol. The molecule has 1 fully saturated rings. The predicted octanol–water partition coefficient (Wildman–Crippen LogP) is 2.14. The zero-order valence-electron chi connectivity index (χ0n) is 7.78. The van der Waals surface area contributed by atoms with Gasteiger partial charge in [0.25, 0.3) is 6.43 Å². The second kappa shape index (κ2) is 3.25. The molecular formula is C10H9F2NO2. The van der Waals surface area contributed by atoms with Crippen LogP contribution in [0.25, 0.3) is 0 Å². The summed E-state index contributed by atoms with van der Waals surface area (Å²) in [6.07, 6.45) is -0.548. The molecule has 1 aliphatic carbocycles. The summed E-state index contributed by atoms with van der Waals surface area (Å²) in [6, 6.07) is 2.62. The van der Waals surface area contributed by atoms with Crippen LogP contribution in [0.15, 0.2) is 18.3 Å². The smallest absolute Gasteiger partial charge is 0.315 e. The molecule has 3 nitrogen and oxygen atoms in total. The zero-order chi connectivity index (χ0) is 11.1. The van der Waals surface area contributed by atoms with Crippen LogP contribution < -0.4 is 0 Å². The molecule has 1 aromatic heterocycles. The van der Waals surface area contributed by atoms with Gasteiger partial charge in [-0.1, -0.05) is 0 Å². The maximum absolute atomic E-state index is 12.6. The third-order valence-corrected chi connectivity index (χ3v) is 2.69. The minimum absolute atomic E-state index is 0.0208. The SMILES string of the molecule is O=C(O)C1(c2ncccc2C(F)F)CC1. The van der Waals surface area contributed by atoms with E-state index in [1.807, 2.05) is 0 Å². The Morgan fingerprint density at radius 2 is 2.20 bits per heavy atom. The highest BCUT2D eigenvalue weighted by molar-refractivity contribution is 5.84. The summed E-state index contributed by atoms with van der Waals surface area (Å²) >= 11 is 0. The van der Waals surface area contributed by atoms with Gasteiger partial charge in [-0.3, -0.25) is 9.78 Å². The fourth-order valence-corrected chi connectivity index (χ4v) is 1.67. The van der Waals surface area contributed by atoms with Crippen LogP contribution in [0.4, 0.5) is 8.78 Å². The lowest BCUT2D eigenvalue weighted by Gasteiger charge is -2.13. The topological polar surface area (TPSA) is 50.2 Å². The van der Waals surface area contributed by atoms with Gasteiger partial charge in [-0.15, -0.1) is 0 Å². The van der Waals surface area contributed by atoms with Gasteiger partial charge in [0, 0.05) is 11.8 Å². The number of hydrogen-bond donors (Lipinski definition) is 1. The van der Waals surface area contributed by atoms with Crippen molar-refractivity contribution in [3.8, 4) is 0 Å². The Balaban J connectivity index is 2.49. The minimum atomic E-state index is -2.68. The van der Waals surface area contributed by atoms with Crippen molar-refractivity contribution in [1.29, 1.82) is 0 Å². The Morgan fingerprint density at radius 1 is 1.53 bits per heavy atom. The Hall–Kier alpha value is -1.52. The molecular weight excluding hydrogens is 204 g/mol. The van der Waals surface area contributed by atoms with Crippen LogP contribution in [0.1, 0.15) is 30.5 Å². The number of carboxylic acids is 1. The average Bonchev–Trinajstić information content (AvgIpc) is 2.98. The van der Waals surface area contributed by atoms with Crippen LogP contribution in [0.5, 0.6) is 0 Å². The first kappa shape index (κ1) is 10.0. The lowest BCUT2D eigenvalue weighted by Crippen LogP contribution is -2.22. The van der Waals surface area contributed by atoms with Gasteiger partial charge in [-0.25, -0.2) is 8.78 Å². The molecule has 0 atom stereocenters. The Bertz CT molecular complexity index is 402. The maximum atomic E-state index is 12.6. The predicted molar refractivity (Wildman–Crippen MR) is 47.7 cm³/mol. The van der Waals surface area contributed by atoms with Gasteiger partial charge >= 0.3 is 5.97 Å². The van der Waals surface area contributed by atoms with Gasteiger partial charge in [0.2, 0.25) is 0 Å². The molecule has 1 heterocycles. The Labute approximate surface area is 84.8 Å². The van der Waals surface area contributed by atoms with Gasteiger partial charge in [-0.2, -0.15) is 0 Å². The highest BCUT2D eigenvalue weighted by Gasteiger charge is 2.54. The van der Waals surface area contributed by atoms with Gasteiger partial charge in [0.15, 0.2) is 0 Å². The quantitative estimate of drug-likeness (QED) is 0.836. The van der Waals surface area contributed by atoms with Crippen molar-refractivity contribution in [1.82, 2.24) is 4.98 Å². The summed E-state index contributed by atoms with van der Waals surface area (Å²) in [5.74, 6) is -1.07. The van der Waals surface area contributed by atoms with Crippen molar-refractivity contribution in [3.05, 3.63) is 29.6 Å². The van der Waals surface area contributed by atoms with E-state index < -0.39 is 17.8 Å². The molecule has 15 heavy (non-hydrogen) atoms. The van der Waals surface area contributed by atoms with Crippen LogP contribution in [-0.2, 0) is 10.2 Å². The van der Waals surface area contributed by atoms with Crippen molar-refractivity contribution in [2.24, 2.45) is 0 Å². The summed E-state index contributed by atoms with van der Waals surface area (Å²) < 4.78 is 25.2. The van der Waals surface area contributed by atoms with Gasteiger partial charge < -0.3 is 5.11 Å². The molecule has 1 aliphatic rings. The first-order valence-corrected chi connectivity index (χ1v) is 4.55. The molecule has 0 amide bonds. The van der Waals surface area contributed by atoms with Crippen LogP contribution >= 0.6 is 0 Å². The fraction of sp³-hybridized carbons (Fsp3) is 0.400. The van der Waals surface area contributed by atoms with E-state index >= 15 is 0 Å². The third-order valence-electron chi connectivity index (χ3n) is 2.69. The minimum Gasteiger partial charge on any atom is -0.481 e. The summed E-state index contributed by atoms with van der Waals surface area (Å²) in [7, 11) is 0. The molecule has 1 aromatic rings. The molecule has 5 heteroatoms. The number of alkyl halides is 2. The van der Waals surface area contributed by atoms with Crippen molar-refractivity contribution in [3.63, 3.8) is 0 Å². The largest absolute Gasteiger partial charge is 0.481 e. The molecule has 0 bridgehead atoms. The molecule has 0 saturated heterocycles. The van der Waals surface area contributed by atoms with E-state index in [4.69, 9.17) is 5.11 Å². The molecule has 1 saturated carbocycles. The van der Waals surface area contributed by atoms with Crippen LogP contribution in [0.2, 0.25) is 0 Å². The normalized spacial score (nSPS) is 17.8. The van der Waals surface area contributed by atoms with E-state index in [2.05, 4.69) is 4.98 Å². The molecule has 80 valence electrons. The Kier molecular flexibility index (Phi) is 2.17. The number of pyridine rings is 1. The molecule has 0 spiro atoms. The van der Waals surface area contributed by atoms with E-state index in [0.717, 1.165) is 0 Å². The molecule has 0 aliphatic heterocycles. The van der Waals surface area contributed by atoms with Crippen molar-refractivity contribution >= 4 is 5.97 Å². The number of aliphatic carboxylic acids is 1. The fourth-order valence-electron chi connectivity index (χ4n) is 1.67. The standard InChI is InChI=1S/C10H9F2NO2/c11-8(12)6-2-1-5-13-7(6)10(3-4-10)9(14)15/h1-2,5,8H,3-4H2,(H,14,15). The van der Waals surface area contributed by atoms with Crippen molar-refractivity contribution in [2.45, 2.75) is 24.7 Å². The number of carboxylic acid groups (broad SMARTS) is 1. The molecule has 0 aromatic carbocycles. The van der Waals surface area contributed by atoms with Gasteiger partial charge in [-0.05, 0) is 25.0 Å². The summed E-state index contributed by atoms with van der Waals surface area (Å²) in [4.78, 5) is 14.8. The van der Waals surface area contributed by atoms with Crippen LogP contribution in [-0.4, -0.2) is 16.1 Å². The summed E-state index contributed by atoms with van der Waals surface area (Å²) in [6.45, 7) is 0. The van der Waals surface area contributed by atoms with Crippen molar-refractivity contribution in [2.75, 3.05) is 0 Å². The number of aromatic nitrogens is 1. The molecule has 0 unspecified atom stereocenters. The molecule has 1 N–H and O–H groups in total. The highest BCUT2D eigenvalue weighted by Crippen LogP contribution is 2.49. The number of carbonyl (C=O) groups is 1. The third kappa shape index (κ3) is 1.48. The highest BCUT2D eigenvalue weighted by atomic mass is 19.3. The Morgan fingerprint density at radius 3 is 2.67 bits per heavy atom. The van der Waals surface area contributed by atoms with E-state index in [-0.39, 0.29) is 11.3 Å².